The molecule has 0 aromatic carbocycles. The number of aromatic hydroxyl groups is 1. The summed E-state index contributed by atoms with van der Waals surface area (Å²) in [5.74, 6) is -3.21. The molecule has 0 saturated heterocycles. The Balaban J connectivity index is 2.23. The van der Waals surface area contributed by atoms with Gasteiger partial charge in [0.1, 0.15) is 5.56 Å². The molecule has 2 aliphatic rings. The standard InChI is InChI=1S/C20H29N3O6/c1-11-6-5-9-13(10-11)23-18(26)14(16(24)15(21)19(27)28)17(25)22(20(23)29)12-7-3-2-4-8-12/h11-13,15,25H,2-10,21H2,1H3,(H,27,28). The predicted molar refractivity (Wildman–Crippen MR) is 105 cm³/mol. The number of ketones is 1. The van der Waals surface area contributed by atoms with Crippen LogP contribution >= 0.6 is 0 Å². The summed E-state index contributed by atoms with van der Waals surface area (Å²) in [5, 5.41) is 19.9. The molecule has 29 heavy (non-hydrogen) atoms. The smallest absolute Gasteiger partial charge is 0.334 e. The number of hydrogen-bond donors (Lipinski definition) is 3. The molecular formula is C20H29N3O6. The van der Waals surface area contributed by atoms with E-state index >= 15 is 0 Å². The van der Waals surface area contributed by atoms with E-state index in [0.29, 0.717) is 31.6 Å². The highest BCUT2D eigenvalue weighted by Gasteiger charge is 2.35. The number of carbonyl (C=O) groups is 2. The Morgan fingerprint density at radius 3 is 2.21 bits per heavy atom. The average Bonchev–Trinajstić information content (AvgIpc) is 2.68. The Bertz CT molecular complexity index is 912. The highest BCUT2D eigenvalue weighted by atomic mass is 16.4. The van der Waals surface area contributed by atoms with E-state index in [9.17, 15) is 24.3 Å². The van der Waals surface area contributed by atoms with Gasteiger partial charge in [0, 0.05) is 12.1 Å². The molecule has 1 aromatic heterocycles. The first-order valence-corrected chi connectivity index (χ1v) is 10.4. The van der Waals surface area contributed by atoms with Gasteiger partial charge in [-0.3, -0.25) is 23.5 Å². The Morgan fingerprint density at radius 1 is 1.00 bits per heavy atom. The van der Waals surface area contributed by atoms with Crippen LogP contribution in [0.25, 0.3) is 0 Å². The Hall–Kier alpha value is -2.42. The lowest BCUT2D eigenvalue weighted by atomic mass is 9.87. The van der Waals surface area contributed by atoms with E-state index in [1.807, 2.05) is 6.92 Å². The molecule has 0 aliphatic heterocycles. The third kappa shape index (κ3) is 4.01. The molecule has 4 N–H and O–H groups in total. The molecule has 160 valence electrons. The zero-order valence-electron chi connectivity index (χ0n) is 16.7. The maximum atomic E-state index is 13.3. The molecule has 3 unspecified atom stereocenters. The lowest BCUT2D eigenvalue weighted by Crippen LogP contribution is -2.49. The molecule has 3 atom stereocenters. The second-order valence-corrected chi connectivity index (χ2v) is 8.42. The second kappa shape index (κ2) is 8.52. The van der Waals surface area contributed by atoms with Crippen LogP contribution in [0.3, 0.4) is 0 Å². The molecule has 0 bridgehead atoms. The van der Waals surface area contributed by atoms with Gasteiger partial charge in [0.2, 0.25) is 11.7 Å². The van der Waals surface area contributed by atoms with Crippen molar-refractivity contribution >= 4 is 11.8 Å². The summed E-state index contributed by atoms with van der Waals surface area (Å²) in [5.41, 5.74) is 3.19. The van der Waals surface area contributed by atoms with Gasteiger partial charge in [-0.25, -0.2) is 4.79 Å². The zero-order chi connectivity index (χ0) is 21.3. The molecule has 9 nitrogen and oxygen atoms in total. The molecule has 1 aromatic rings. The quantitative estimate of drug-likeness (QED) is 0.496. The number of carboxylic acids is 1. The molecule has 0 radical (unpaired) electrons. The molecule has 2 fully saturated rings. The fourth-order valence-corrected chi connectivity index (χ4v) is 4.74. The molecular weight excluding hydrogens is 378 g/mol. The molecule has 9 heteroatoms. The van der Waals surface area contributed by atoms with Crippen molar-refractivity contribution < 1.29 is 19.8 Å². The van der Waals surface area contributed by atoms with Gasteiger partial charge in [-0.1, -0.05) is 39.0 Å². The van der Waals surface area contributed by atoms with Crippen LogP contribution in [0, 0.1) is 5.92 Å². The molecule has 0 amide bonds. The maximum Gasteiger partial charge on any atom is 0.334 e. The van der Waals surface area contributed by atoms with E-state index in [1.165, 1.54) is 0 Å². The Labute approximate surface area is 168 Å². The number of aliphatic carboxylic acids is 1. The van der Waals surface area contributed by atoms with Crippen molar-refractivity contribution in [1.82, 2.24) is 9.13 Å². The van der Waals surface area contributed by atoms with Gasteiger partial charge < -0.3 is 15.9 Å². The van der Waals surface area contributed by atoms with Crippen molar-refractivity contribution in [3.05, 3.63) is 26.4 Å². The lowest BCUT2D eigenvalue weighted by molar-refractivity contribution is -0.137. The average molecular weight is 407 g/mol. The van der Waals surface area contributed by atoms with Gasteiger partial charge in [0.05, 0.1) is 0 Å². The normalized spacial score (nSPS) is 24.2. The van der Waals surface area contributed by atoms with Crippen LogP contribution in [0.2, 0.25) is 0 Å². The molecule has 0 spiro atoms. The van der Waals surface area contributed by atoms with Crippen molar-refractivity contribution in [2.75, 3.05) is 0 Å². The number of aromatic nitrogens is 2. The summed E-state index contributed by atoms with van der Waals surface area (Å²) in [6, 6.07) is -2.71. The van der Waals surface area contributed by atoms with E-state index in [4.69, 9.17) is 10.8 Å². The first kappa shape index (κ1) is 21.3. The Morgan fingerprint density at radius 2 is 1.62 bits per heavy atom. The monoisotopic (exact) mass is 407 g/mol. The summed E-state index contributed by atoms with van der Waals surface area (Å²) >= 11 is 0. The van der Waals surface area contributed by atoms with Crippen molar-refractivity contribution in [3.63, 3.8) is 0 Å². The van der Waals surface area contributed by atoms with E-state index in [1.54, 1.807) is 0 Å². The number of carboxylic acid groups (broad SMARTS) is 1. The first-order valence-electron chi connectivity index (χ1n) is 10.4. The van der Waals surface area contributed by atoms with Gasteiger partial charge in [-0.15, -0.1) is 0 Å². The van der Waals surface area contributed by atoms with Gasteiger partial charge >= 0.3 is 11.7 Å². The fraction of sp³-hybridized carbons (Fsp3) is 0.700. The van der Waals surface area contributed by atoms with Crippen LogP contribution in [0.15, 0.2) is 9.59 Å². The van der Waals surface area contributed by atoms with Crippen LogP contribution in [-0.2, 0) is 4.79 Å². The predicted octanol–water partition coefficient (Wildman–Crippen LogP) is 1.57. The van der Waals surface area contributed by atoms with Gasteiger partial charge in [0.15, 0.2) is 6.04 Å². The summed E-state index contributed by atoms with van der Waals surface area (Å²) in [4.78, 5) is 50.3. The fourth-order valence-electron chi connectivity index (χ4n) is 4.74. The third-order valence-corrected chi connectivity index (χ3v) is 6.31. The molecule has 2 saturated carbocycles. The SMILES string of the molecule is CC1CCCC(n2c(=O)c(C(=O)C(N)C(=O)O)c(O)n(C3CCCCC3)c2=O)C1. The number of nitrogens with two attached hydrogens (primary N) is 1. The van der Waals surface area contributed by atoms with Crippen LogP contribution in [-0.4, -0.2) is 37.1 Å². The summed E-state index contributed by atoms with van der Waals surface area (Å²) in [6.07, 6.45) is 7.12. The zero-order valence-corrected chi connectivity index (χ0v) is 16.7. The van der Waals surface area contributed by atoms with Gasteiger partial charge in [-0.2, -0.15) is 0 Å². The molecule has 3 rings (SSSR count). The first-order chi connectivity index (χ1) is 13.7. The van der Waals surface area contributed by atoms with E-state index in [-0.39, 0.29) is 12.1 Å². The van der Waals surface area contributed by atoms with E-state index in [2.05, 4.69) is 0 Å². The second-order valence-electron chi connectivity index (χ2n) is 8.42. The van der Waals surface area contributed by atoms with Crippen LogP contribution in [0.4, 0.5) is 0 Å². The minimum Gasteiger partial charge on any atom is -0.494 e. The third-order valence-electron chi connectivity index (χ3n) is 6.31. The number of rotatable bonds is 5. The number of hydrogen-bond acceptors (Lipinski definition) is 6. The lowest BCUT2D eigenvalue weighted by Gasteiger charge is -2.31. The molecule has 2 aliphatic carbocycles. The number of carbonyl (C=O) groups excluding carboxylic acids is 1. The number of Topliss-reactive ketones (excluding diaryl/α,β-unsaturated/α-hetero) is 1. The number of nitrogens with zero attached hydrogens (tertiary/aromatic N) is 2. The summed E-state index contributed by atoms with van der Waals surface area (Å²) in [6.45, 7) is 2.05. The Kier molecular flexibility index (Phi) is 6.26. The van der Waals surface area contributed by atoms with Crippen LogP contribution < -0.4 is 17.0 Å². The van der Waals surface area contributed by atoms with E-state index < -0.39 is 40.5 Å². The molecule has 1 heterocycles. The van der Waals surface area contributed by atoms with Gasteiger partial charge in [-0.05, 0) is 31.6 Å². The van der Waals surface area contributed by atoms with Crippen molar-refractivity contribution in [1.29, 1.82) is 0 Å². The van der Waals surface area contributed by atoms with Gasteiger partial charge in [0.25, 0.3) is 5.56 Å². The highest BCUT2D eigenvalue weighted by Crippen LogP contribution is 2.33. The van der Waals surface area contributed by atoms with Crippen LogP contribution in [0.5, 0.6) is 5.88 Å². The van der Waals surface area contributed by atoms with Crippen LogP contribution in [0.1, 0.15) is 87.2 Å². The summed E-state index contributed by atoms with van der Waals surface area (Å²) < 4.78 is 2.19. The van der Waals surface area contributed by atoms with Crippen molar-refractivity contribution in [2.45, 2.75) is 82.8 Å². The minimum atomic E-state index is -1.98. The minimum absolute atomic E-state index is 0.317. The van der Waals surface area contributed by atoms with Crippen molar-refractivity contribution in [3.8, 4) is 5.88 Å². The topological polar surface area (TPSA) is 145 Å². The summed E-state index contributed by atoms with van der Waals surface area (Å²) in [7, 11) is 0. The largest absolute Gasteiger partial charge is 0.494 e. The van der Waals surface area contributed by atoms with E-state index in [0.717, 1.165) is 41.2 Å². The highest BCUT2D eigenvalue weighted by molar-refractivity contribution is 6.12. The maximum absolute atomic E-state index is 13.3. The van der Waals surface area contributed by atoms with Crippen molar-refractivity contribution in [2.24, 2.45) is 11.7 Å².